The van der Waals surface area contributed by atoms with E-state index < -0.39 is 0 Å². The highest BCUT2D eigenvalue weighted by molar-refractivity contribution is 7.80. The van der Waals surface area contributed by atoms with Gasteiger partial charge in [-0.2, -0.15) is 0 Å². The molecule has 0 aliphatic carbocycles. The molecule has 0 atom stereocenters. The second kappa shape index (κ2) is 5.50. The molecular weight excluding hydrogens is 266 g/mol. The van der Waals surface area contributed by atoms with Crippen molar-refractivity contribution in [2.75, 3.05) is 0 Å². The summed E-state index contributed by atoms with van der Waals surface area (Å²) in [7, 11) is 0. The zero-order valence-electron chi connectivity index (χ0n) is 10.1. The van der Waals surface area contributed by atoms with E-state index in [0.717, 1.165) is 23.4 Å². The molecule has 0 saturated heterocycles. The third kappa shape index (κ3) is 2.71. The van der Waals surface area contributed by atoms with Gasteiger partial charge in [0.2, 0.25) is 0 Å². The molecule has 0 radical (unpaired) electrons. The summed E-state index contributed by atoms with van der Waals surface area (Å²) in [5.74, 6) is 1.05. The number of hydrogen-bond donors (Lipinski definition) is 1. The van der Waals surface area contributed by atoms with Crippen LogP contribution in [-0.2, 0) is 13.0 Å². The summed E-state index contributed by atoms with van der Waals surface area (Å²) in [6.07, 6.45) is 4.66. The van der Waals surface area contributed by atoms with Crippen LogP contribution in [0.4, 0.5) is 0 Å². The van der Waals surface area contributed by atoms with E-state index in [2.05, 4.69) is 16.5 Å². The molecule has 1 aromatic carbocycles. The maximum atomic E-state index is 6.24. The van der Waals surface area contributed by atoms with Crippen molar-refractivity contribution in [1.82, 2.24) is 9.55 Å². The number of imidazole rings is 1. The fourth-order valence-electron chi connectivity index (χ4n) is 1.81. The van der Waals surface area contributed by atoms with Crippen LogP contribution in [0.1, 0.15) is 23.9 Å². The minimum Gasteiger partial charge on any atom is -0.389 e. The van der Waals surface area contributed by atoms with E-state index in [1.165, 1.54) is 0 Å². The van der Waals surface area contributed by atoms with Gasteiger partial charge in [-0.15, -0.1) is 0 Å². The van der Waals surface area contributed by atoms with Crippen molar-refractivity contribution in [3.05, 3.63) is 52.6 Å². The minimum absolute atomic E-state index is 0.361. The van der Waals surface area contributed by atoms with E-state index in [-0.39, 0.29) is 0 Å². The van der Waals surface area contributed by atoms with Crippen LogP contribution in [0.5, 0.6) is 0 Å². The molecule has 0 bridgehead atoms. The summed E-state index contributed by atoms with van der Waals surface area (Å²) in [4.78, 5) is 4.65. The molecule has 2 aromatic rings. The van der Waals surface area contributed by atoms with Gasteiger partial charge in [0.05, 0.1) is 6.54 Å². The van der Waals surface area contributed by atoms with Gasteiger partial charge >= 0.3 is 0 Å². The molecular formula is C13H14ClN3S. The van der Waals surface area contributed by atoms with Crippen LogP contribution in [0.2, 0.25) is 5.02 Å². The second-order valence-electron chi connectivity index (χ2n) is 4.00. The maximum Gasteiger partial charge on any atom is 0.108 e. The molecule has 0 spiro atoms. The molecule has 2 rings (SSSR count). The van der Waals surface area contributed by atoms with Gasteiger partial charge in [0, 0.05) is 29.4 Å². The van der Waals surface area contributed by atoms with Crippen molar-refractivity contribution in [3.63, 3.8) is 0 Å². The summed E-state index contributed by atoms with van der Waals surface area (Å²) in [6, 6.07) is 5.66. The van der Waals surface area contributed by atoms with Crippen LogP contribution in [0, 0.1) is 0 Å². The molecule has 0 unspecified atom stereocenters. The van der Waals surface area contributed by atoms with E-state index in [1.54, 1.807) is 6.20 Å². The van der Waals surface area contributed by atoms with Crippen molar-refractivity contribution in [1.29, 1.82) is 0 Å². The van der Waals surface area contributed by atoms with Crippen LogP contribution in [0.15, 0.2) is 30.6 Å². The van der Waals surface area contributed by atoms with Crippen LogP contribution >= 0.6 is 23.8 Å². The SMILES string of the molecule is CCc1nccn1Cc1ccc(C(N)=S)cc1Cl. The Hall–Kier alpha value is -1.39. The number of rotatable bonds is 4. The highest BCUT2D eigenvalue weighted by Crippen LogP contribution is 2.19. The number of halogens is 1. The van der Waals surface area contributed by atoms with Gasteiger partial charge in [-0.25, -0.2) is 4.98 Å². The van der Waals surface area contributed by atoms with E-state index >= 15 is 0 Å². The fourth-order valence-corrected chi connectivity index (χ4v) is 2.18. The highest BCUT2D eigenvalue weighted by Gasteiger charge is 2.06. The topological polar surface area (TPSA) is 43.8 Å². The Morgan fingerprint density at radius 2 is 2.28 bits per heavy atom. The van der Waals surface area contributed by atoms with Gasteiger partial charge in [-0.1, -0.05) is 42.9 Å². The molecule has 3 nitrogen and oxygen atoms in total. The average Bonchev–Trinajstić information content (AvgIpc) is 2.78. The van der Waals surface area contributed by atoms with Crippen molar-refractivity contribution >= 4 is 28.8 Å². The molecule has 0 fully saturated rings. The molecule has 94 valence electrons. The van der Waals surface area contributed by atoms with Crippen molar-refractivity contribution < 1.29 is 0 Å². The minimum atomic E-state index is 0.361. The standard InChI is InChI=1S/C13H14ClN3S/c1-2-12-16-5-6-17(12)8-10-4-3-9(13(15)18)7-11(10)14/h3-7H,2,8H2,1H3,(H2,15,18). The number of hydrogen-bond acceptors (Lipinski definition) is 2. The number of aryl methyl sites for hydroxylation is 1. The summed E-state index contributed by atoms with van der Waals surface area (Å²) >= 11 is 11.2. The summed E-state index contributed by atoms with van der Waals surface area (Å²) in [5, 5.41) is 0.677. The van der Waals surface area contributed by atoms with Gasteiger partial charge in [-0.05, 0) is 11.6 Å². The Kier molecular flexibility index (Phi) is 3.99. The zero-order valence-corrected chi connectivity index (χ0v) is 11.6. The molecule has 1 heterocycles. The lowest BCUT2D eigenvalue weighted by molar-refractivity contribution is 0.732. The lowest BCUT2D eigenvalue weighted by atomic mass is 10.1. The number of nitrogens with zero attached hydrogens (tertiary/aromatic N) is 2. The highest BCUT2D eigenvalue weighted by atomic mass is 35.5. The van der Waals surface area contributed by atoms with E-state index in [1.807, 2.05) is 24.4 Å². The van der Waals surface area contributed by atoms with Gasteiger partial charge in [0.25, 0.3) is 0 Å². The number of aromatic nitrogens is 2. The Morgan fingerprint density at radius 1 is 1.50 bits per heavy atom. The number of thiocarbonyl (C=S) groups is 1. The molecule has 5 heteroatoms. The van der Waals surface area contributed by atoms with Gasteiger partial charge in [-0.3, -0.25) is 0 Å². The summed E-state index contributed by atoms with van der Waals surface area (Å²) in [5.41, 5.74) is 7.40. The van der Waals surface area contributed by atoms with Gasteiger partial charge < -0.3 is 10.3 Å². The Morgan fingerprint density at radius 3 is 2.89 bits per heavy atom. The molecule has 2 N–H and O–H groups in total. The first-order chi connectivity index (χ1) is 8.61. The van der Waals surface area contributed by atoms with Crippen molar-refractivity contribution in [2.24, 2.45) is 5.73 Å². The number of nitrogens with two attached hydrogens (primary N) is 1. The van der Waals surface area contributed by atoms with E-state index in [0.29, 0.717) is 16.6 Å². The molecule has 0 saturated carbocycles. The zero-order chi connectivity index (χ0) is 13.1. The van der Waals surface area contributed by atoms with Crippen LogP contribution in [0.3, 0.4) is 0 Å². The van der Waals surface area contributed by atoms with Gasteiger partial charge in [0.15, 0.2) is 0 Å². The third-order valence-electron chi connectivity index (χ3n) is 2.80. The average molecular weight is 280 g/mol. The first-order valence-corrected chi connectivity index (χ1v) is 6.48. The smallest absolute Gasteiger partial charge is 0.108 e. The monoisotopic (exact) mass is 279 g/mol. The lowest BCUT2D eigenvalue weighted by Gasteiger charge is -2.09. The maximum absolute atomic E-state index is 6.24. The van der Waals surface area contributed by atoms with E-state index in [4.69, 9.17) is 29.6 Å². The predicted molar refractivity (Wildman–Crippen MR) is 78.0 cm³/mol. The lowest BCUT2D eigenvalue weighted by Crippen LogP contribution is -2.10. The van der Waals surface area contributed by atoms with Crippen molar-refractivity contribution in [3.8, 4) is 0 Å². The van der Waals surface area contributed by atoms with Crippen LogP contribution < -0.4 is 5.73 Å². The third-order valence-corrected chi connectivity index (χ3v) is 3.38. The Labute approximate surface area is 117 Å². The first kappa shape index (κ1) is 13.1. The molecule has 0 aliphatic heterocycles. The molecule has 0 amide bonds. The molecule has 0 aliphatic rings. The summed E-state index contributed by atoms with van der Waals surface area (Å²) in [6.45, 7) is 2.79. The van der Waals surface area contributed by atoms with Crippen LogP contribution in [0.25, 0.3) is 0 Å². The predicted octanol–water partition coefficient (Wildman–Crippen LogP) is 2.78. The molecule has 1 aromatic heterocycles. The largest absolute Gasteiger partial charge is 0.389 e. The first-order valence-electron chi connectivity index (χ1n) is 5.70. The second-order valence-corrected chi connectivity index (χ2v) is 4.84. The number of benzene rings is 1. The fraction of sp³-hybridized carbons (Fsp3) is 0.231. The van der Waals surface area contributed by atoms with E-state index in [9.17, 15) is 0 Å². The summed E-state index contributed by atoms with van der Waals surface area (Å²) < 4.78 is 2.08. The van der Waals surface area contributed by atoms with Crippen LogP contribution in [-0.4, -0.2) is 14.5 Å². The van der Waals surface area contributed by atoms with Crippen molar-refractivity contribution in [2.45, 2.75) is 19.9 Å². The Balaban J connectivity index is 2.27. The quantitative estimate of drug-likeness (QED) is 0.875. The normalized spacial score (nSPS) is 10.6. The molecule has 18 heavy (non-hydrogen) atoms. The Bertz CT molecular complexity index is 577. The van der Waals surface area contributed by atoms with Gasteiger partial charge in [0.1, 0.15) is 10.8 Å².